The van der Waals surface area contributed by atoms with Gasteiger partial charge in [0.1, 0.15) is 12.9 Å². The Hall–Kier alpha value is -3.69. The van der Waals surface area contributed by atoms with Crippen LogP contribution >= 0.6 is 0 Å². The molecule has 2 fully saturated rings. The molecule has 0 bridgehead atoms. The summed E-state index contributed by atoms with van der Waals surface area (Å²) in [5, 5.41) is 3.12. The highest BCUT2D eigenvalue weighted by atomic mass is 16.5. The molecule has 174 valence electrons. The number of hydrogen-bond donors (Lipinski definition) is 1. The van der Waals surface area contributed by atoms with Crippen molar-refractivity contribution in [2.24, 2.45) is 0 Å². The maximum atomic E-state index is 12.3. The number of anilines is 3. The number of amides is 1. The number of nitrogens with one attached hydrogen (secondary N) is 1. The Balaban J connectivity index is 0.000000498. The average molecular weight is 452 g/mol. The fourth-order valence-electron chi connectivity index (χ4n) is 3.84. The standard InChI is InChI=1S/C19H19N7O3.C4H8.H2/c1-11-8-25(10-22-11)17-14(28-2)5-12(6-20-17)23-19-21-7-15-18(24-19)26-13(9-29-15)3-4-16(26)27;1-2-4-3-1;/h5-8,10,13H,3-4,9H2,1-2H3,(H,21,23,24);1-4H2;1H. The van der Waals surface area contributed by atoms with Gasteiger partial charge in [0.15, 0.2) is 23.1 Å². The second-order valence-electron chi connectivity index (χ2n) is 8.36. The highest BCUT2D eigenvalue weighted by Crippen LogP contribution is 2.37. The van der Waals surface area contributed by atoms with Crippen molar-refractivity contribution in [3.8, 4) is 17.3 Å². The molecule has 1 amide bonds. The topological polar surface area (TPSA) is 107 Å². The summed E-state index contributed by atoms with van der Waals surface area (Å²) in [6.45, 7) is 2.39. The van der Waals surface area contributed by atoms with Gasteiger partial charge in [-0.1, -0.05) is 25.7 Å². The van der Waals surface area contributed by atoms with E-state index in [1.165, 1.54) is 25.7 Å². The SMILES string of the molecule is C1CCC1.COc1cc(Nc2ncc3c(n2)N2C(=O)CCC2CO3)cnc1-n1cnc(C)c1.[HH]. The van der Waals surface area contributed by atoms with Crippen molar-refractivity contribution in [2.75, 3.05) is 23.9 Å². The maximum absolute atomic E-state index is 12.3. The molecule has 1 saturated carbocycles. The first kappa shape index (κ1) is 21.2. The van der Waals surface area contributed by atoms with Gasteiger partial charge in [-0.3, -0.25) is 14.3 Å². The third-order valence-corrected chi connectivity index (χ3v) is 5.99. The number of imidazole rings is 1. The van der Waals surface area contributed by atoms with Crippen LogP contribution in [-0.2, 0) is 4.79 Å². The molecule has 6 rings (SSSR count). The molecule has 33 heavy (non-hydrogen) atoms. The van der Waals surface area contributed by atoms with Crippen LogP contribution < -0.4 is 19.7 Å². The number of methoxy groups -OCH3 is 1. The average Bonchev–Trinajstić information content (AvgIpc) is 3.38. The number of fused-ring (bicyclic) bond motifs is 3. The van der Waals surface area contributed by atoms with Crippen LogP contribution in [0, 0.1) is 6.92 Å². The van der Waals surface area contributed by atoms with Crippen LogP contribution in [0.3, 0.4) is 0 Å². The zero-order valence-corrected chi connectivity index (χ0v) is 18.8. The van der Waals surface area contributed by atoms with E-state index in [9.17, 15) is 4.79 Å². The van der Waals surface area contributed by atoms with E-state index < -0.39 is 0 Å². The lowest BCUT2D eigenvalue weighted by atomic mass is 10.0. The lowest BCUT2D eigenvalue weighted by molar-refractivity contribution is -0.117. The van der Waals surface area contributed by atoms with Gasteiger partial charge in [-0.15, -0.1) is 0 Å². The molecule has 0 aromatic carbocycles. The molecule has 1 N–H and O–H groups in total. The van der Waals surface area contributed by atoms with E-state index in [0.29, 0.717) is 47.8 Å². The third-order valence-electron chi connectivity index (χ3n) is 5.99. The number of ether oxygens (including phenoxy) is 2. The first-order chi connectivity index (χ1) is 16.1. The van der Waals surface area contributed by atoms with Crippen molar-refractivity contribution in [3.63, 3.8) is 0 Å². The minimum Gasteiger partial charge on any atom is -0.493 e. The van der Waals surface area contributed by atoms with Crippen molar-refractivity contribution < 1.29 is 15.7 Å². The monoisotopic (exact) mass is 451 g/mol. The molecule has 3 aromatic rings. The van der Waals surface area contributed by atoms with Crippen LogP contribution in [0.4, 0.5) is 17.5 Å². The molecule has 2 aliphatic heterocycles. The third kappa shape index (κ3) is 4.33. The number of rotatable bonds is 4. The van der Waals surface area contributed by atoms with Gasteiger partial charge in [0.2, 0.25) is 11.9 Å². The minimum absolute atomic E-state index is 0. The van der Waals surface area contributed by atoms with E-state index in [1.54, 1.807) is 41.4 Å². The molecular weight excluding hydrogens is 422 g/mol. The first-order valence-electron chi connectivity index (χ1n) is 11.3. The molecule has 1 atom stereocenters. The van der Waals surface area contributed by atoms with Gasteiger partial charge in [-0.25, -0.2) is 15.0 Å². The molecule has 1 aliphatic carbocycles. The van der Waals surface area contributed by atoms with Crippen LogP contribution in [0.25, 0.3) is 5.82 Å². The van der Waals surface area contributed by atoms with Crippen LogP contribution in [0.1, 0.15) is 45.6 Å². The zero-order valence-electron chi connectivity index (χ0n) is 18.8. The quantitative estimate of drug-likeness (QED) is 0.638. The smallest absolute Gasteiger partial charge is 0.229 e. The van der Waals surface area contributed by atoms with Crippen LogP contribution in [0.5, 0.6) is 11.5 Å². The number of nitrogens with zero attached hydrogens (tertiary/aromatic N) is 6. The molecule has 0 radical (unpaired) electrons. The van der Waals surface area contributed by atoms with Gasteiger partial charge in [0, 0.05) is 20.1 Å². The Morgan fingerprint density at radius 3 is 2.67 bits per heavy atom. The van der Waals surface area contributed by atoms with E-state index in [4.69, 9.17) is 9.47 Å². The Labute approximate surface area is 193 Å². The van der Waals surface area contributed by atoms with Gasteiger partial charge in [0.25, 0.3) is 0 Å². The predicted molar refractivity (Wildman–Crippen MR) is 125 cm³/mol. The fraction of sp³-hybridized carbons (Fsp3) is 0.435. The number of pyridine rings is 1. The van der Waals surface area contributed by atoms with Crippen molar-refractivity contribution in [1.29, 1.82) is 0 Å². The van der Waals surface area contributed by atoms with Gasteiger partial charge < -0.3 is 14.8 Å². The van der Waals surface area contributed by atoms with Gasteiger partial charge >= 0.3 is 0 Å². The molecule has 10 heteroatoms. The Bertz CT molecular complexity index is 1160. The van der Waals surface area contributed by atoms with Crippen molar-refractivity contribution >= 4 is 23.4 Å². The second kappa shape index (κ2) is 9.05. The summed E-state index contributed by atoms with van der Waals surface area (Å²) >= 11 is 0. The van der Waals surface area contributed by atoms with Gasteiger partial charge in [0.05, 0.1) is 36.9 Å². The van der Waals surface area contributed by atoms with Crippen LogP contribution in [0.2, 0.25) is 0 Å². The summed E-state index contributed by atoms with van der Waals surface area (Å²) in [5.74, 6) is 2.64. The number of carbonyl (C=O) groups excluding carboxylic acids is 1. The minimum atomic E-state index is 0. The number of aryl methyl sites for hydroxylation is 1. The van der Waals surface area contributed by atoms with E-state index in [-0.39, 0.29) is 13.4 Å². The van der Waals surface area contributed by atoms with Gasteiger partial charge in [-0.05, 0) is 13.3 Å². The molecule has 1 unspecified atom stereocenters. The molecule has 0 spiro atoms. The number of aromatic nitrogens is 5. The van der Waals surface area contributed by atoms with Gasteiger partial charge in [-0.2, -0.15) is 4.98 Å². The normalized spacial score (nSPS) is 18.3. The highest BCUT2D eigenvalue weighted by Gasteiger charge is 2.38. The number of hydrogen-bond acceptors (Lipinski definition) is 8. The summed E-state index contributed by atoms with van der Waals surface area (Å²) in [4.78, 5) is 31.5. The lowest BCUT2D eigenvalue weighted by Crippen LogP contribution is -2.41. The molecule has 1 saturated heterocycles. The van der Waals surface area contributed by atoms with E-state index in [0.717, 1.165) is 12.1 Å². The molecular formula is C23H29N7O3. The summed E-state index contributed by atoms with van der Waals surface area (Å²) in [7, 11) is 1.58. The van der Waals surface area contributed by atoms with Crippen molar-refractivity contribution in [2.45, 2.75) is 51.5 Å². The lowest BCUT2D eigenvalue weighted by Gasteiger charge is -2.30. The molecule has 5 heterocycles. The van der Waals surface area contributed by atoms with Crippen LogP contribution in [0.15, 0.2) is 31.0 Å². The number of carbonyl (C=O) groups is 1. The van der Waals surface area contributed by atoms with E-state index in [1.807, 2.05) is 13.1 Å². The Morgan fingerprint density at radius 2 is 1.97 bits per heavy atom. The predicted octanol–water partition coefficient (Wildman–Crippen LogP) is 3.81. The Morgan fingerprint density at radius 1 is 1.15 bits per heavy atom. The summed E-state index contributed by atoms with van der Waals surface area (Å²) in [6, 6.07) is 1.85. The Kier molecular flexibility index (Phi) is 5.80. The summed E-state index contributed by atoms with van der Waals surface area (Å²) < 4.78 is 13.0. The van der Waals surface area contributed by atoms with Crippen LogP contribution in [-0.4, -0.2) is 50.2 Å². The largest absolute Gasteiger partial charge is 0.493 e. The van der Waals surface area contributed by atoms with E-state index in [2.05, 4.69) is 25.3 Å². The van der Waals surface area contributed by atoms with Crippen molar-refractivity contribution in [1.82, 2.24) is 24.5 Å². The molecule has 3 aromatic heterocycles. The highest BCUT2D eigenvalue weighted by molar-refractivity contribution is 5.97. The van der Waals surface area contributed by atoms with Crippen molar-refractivity contribution in [3.05, 3.63) is 36.7 Å². The summed E-state index contributed by atoms with van der Waals surface area (Å²) in [5.41, 5.74) is 1.54. The fourth-order valence-corrected chi connectivity index (χ4v) is 3.84. The molecule has 3 aliphatic rings. The second-order valence-corrected chi connectivity index (χ2v) is 8.36. The maximum Gasteiger partial charge on any atom is 0.229 e. The first-order valence-corrected chi connectivity index (χ1v) is 11.3. The summed E-state index contributed by atoms with van der Waals surface area (Å²) in [6.07, 6.45) is 14.1. The molecule has 10 nitrogen and oxygen atoms in total. The zero-order chi connectivity index (χ0) is 22.8. The van der Waals surface area contributed by atoms with E-state index >= 15 is 0 Å².